The van der Waals surface area contributed by atoms with Gasteiger partial charge in [0.2, 0.25) is 0 Å². The molecule has 2 N–H and O–H groups in total. The van der Waals surface area contributed by atoms with Crippen molar-refractivity contribution in [2.75, 3.05) is 5.32 Å². The van der Waals surface area contributed by atoms with Gasteiger partial charge in [0.25, 0.3) is 0 Å². The second-order valence-corrected chi connectivity index (χ2v) is 4.16. The second kappa shape index (κ2) is 4.93. The molecule has 0 radical (unpaired) electrons. The van der Waals surface area contributed by atoms with Crippen LogP contribution in [0, 0.1) is 6.92 Å². The topological polar surface area (TPSA) is 79.6 Å². The molecule has 0 spiro atoms. The van der Waals surface area contributed by atoms with Gasteiger partial charge in [-0.05, 0) is 19.1 Å². The minimum absolute atomic E-state index is 0.624. The molecule has 3 aromatic rings. The van der Waals surface area contributed by atoms with Crippen molar-refractivity contribution in [3.8, 4) is 11.5 Å². The summed E-state index contributed by atoms with van der Waals surface area (Å²) in [5, 5.41) is 10.3. The average molecular weight is 255 g/mol. The van der Waals surface area contributed by atoms with Gasteiger partial charge in [0.1, 0.15) is 17.8 Å². The van der Waals surface area contributed by atoms with E-state index in [2.05, 4.69) is 25.5 Å². The van der Waals surface area contributed by atoms with Crippen molar-refractivity contribution >= 4 is 5.69 Å². The summed E-state index contributed by atoms with van der Waals surface area (Å²) in [5.74, 6) is 1.66. The maximum Gasteiger partial charge on any atom is 0.152 e. The lowest BCUT2D eigenvalue weighted by atomic mass is 10.2. The number of nitrogens with one attached hydrogen (secondary N) is 2. The first-order valence-electron chi connectivity index (χ1n) is 5.91. The Morgan fingerprint density at radius 2 is 2.05 bits per heavy atom. The number of hydrogen-bond donors (Lipinski definition) is 2. The lowest BCUT2D eigenvalue weighted by Crippen LogP contribution is -2.00. The van der Waals surface area contributed by atoms with Crippen LogP contribution in [0.4, 0.5) is 5.69 Å². The van der Waals surface area contributed by atoms with Crippen LogP contribution >= 0.6 is 0 Å². The fourth-order valence-electron chi connectivity index (χ4n) is 1.82. The van der Waals surface area contributed by atoms with Gasteiger partial charge in [-0.15, -0.1) is 0 Å². The molecule has 19 heavy (non-hydrogen) atoms. The highest BCUT2D eigenvalue weighted by molar-refractivity contribution is 5.57. The van der Waals surface area contributed by atoms with Gasteiger partial charge in [0.05, 0.1) is 24.3 Å². The number of furan rings is 1. The molecule has 3 aromatic heterocycles. The zero-order chi connectivity index (χ0) is 13.1. The van der Waals surface area contributed by atoms with E-state index in [0.29, 0.717) is 6.54 Å². The fourth-order valence-corrected chi connectivity index (χ4v) is 1.82. The molecule has 3 heterocycles. The number of hydrogen-bond acceptors (Lipinski definition) is 5. The summed E-state index contributed by atoms with van der Waals surface area (Å²) < 4.78 is 5.60. The zero-order valence-corrected chi connectivity index (χ0v) is 10.4. The molecule has 6 nitrogen and oxygen atoms in total. The normalized spacial score (nSPS) is 10.6. The van der Waals surface area contributed by atoms with E-state index in [0.717, 1.165) is 28.5 Å². The van der Waals surface area contributed by atoms with Crippen LogP contribution in [-0.4, -0.2) is 20.2 Å². The third-order valence-electron chi connectivity index (χ3n) is 2.75. The summed E-state index contributed by atoms with van der Waals surface area (Å²) in [7, 11) is 0. The maximum atomic E-state index is 5.60. The molecule has 0 amide bonds. The van der Waals surface area contributed by atoms with Crippen molar-refractivity contribution in [2.24, 2.45) is 0 Å². The molecule has 0 aliphatic heterocycles. The van der Waals surface area contributed by atoms with E-state index in [1.807, 2.05) is 19.1 Å². The SMILES string of the molecule is Cc1ccc(-c2[nH]ncc2CNc2cncnc2)o1. The van der Waals surface area contributed by atoms with Gasteiger partial charge in [0, 0.05) is 12.1 Å². The number of anilines is 1. The molecule has 0 aliphatic carbocycles. The number of aromatic amines is 1. The van der Waals surface area contributed by atoms with Crippen molar-refractivity contribution in [3.05, 3.63) is 48.4 Å². The van der Waals surface area contributed by atoms with Crippen LogP contribution in [0.15, 0.2) is 41.5 Å². The Bertz CT molecular complexity index is 658. The first kappa shape index (κ1) is 11.5. The molecule has 0 saturated carbocycles. The van der Waals surface area contributed by atoms with E-state index in [1.54, 1.807) is 18.6 Å². The Kier molecular flexibility index (Phi) is 2.97. The molecule has 0 saturated heterocycles. The quantitative estimate of drug-likeness (QED) is 0.748. The molecule has 0 aliphatic rings. The fraction of sp³-hybridized carbons (Fsp3) is 0.154. The van der Waals surface area contributed by atoms with Gasteiger partial charge in [-0.1, -0.05) is 0 Å². The minimum Gasteiger partial charge on any atom is -0.460 e. The highest BCUT2D eigenvalue weighted by Crippen LogP contribution is 2.23. The summed E-state index contributed by atoms with van der Waals surface area (Å²) in [6, 6.07) is 3.86. The van der Waals surface area contributed by atoms with E-state index in [1.165, 1.54) is 6.33 Å². The maximum absolute atomic E-state index is 5.60. The van der Waals surface area contributed by atoms with Crippen LogP contribution < -0.4 is 5.32 Å². The van der Waals surface area contributed by atoms with E-state index < -0.39 is 0 Å². The Hall–Kier alpha value is -2.63. The number of H-pyrrole nitrogens is 1. The van der Waals surface area contributed by atoms with Crippen LogP contribution in [0.3, 0.4) is 0 Å². The van der Waals surface area contributed by atoms with E-state index in [9.17, 15) is 0 Å². The Morgan fingerprint density at radius 1 is 1.21 bits per heavy atom. The Morgan fingerprint density at radius 3 is 2.79 bits per heavy atom. The zero-order valence-electron chi connectivity index (χ0n) is 10.4. The van der Waals surface area contributed by atoms with Crippen molar-refractivity contribution < 1.29 is 4.42 Å². The summed E-state index contributed by atoms with van der Waals surface area (Å²) in [5.41, 5.74) is 2.78. The standard InChI is InChI=1S/C13H13N5O/c1-9-2-3-12(19-9)13-10(5-17-18-13)4-16-11-6-14-8-15-7-11/h2-3,5-8,16H,4H2,1H3,(H,17,18). The molecule has 0 bridgehead atoms. The predicted octanol–water partition coefficient (Wildman–Crippen LogP) is 2.38. The van der Waals surface area contributed by atoms with Crippen LogP contribution in [-0.2, 0) is 6.54 Å². The summed E-state index contributed by atoms with van der Waals surface area (Å²) in [6.07, 6.45) is 6.73. The van der Waals surface area contributed by atoms with Gasteiger partial charge in [-0.2, -0.15) is 5.10 Å². The monoisotopic (exact) mass is 255 g/mol. The molecular weight excluding hydrogens is 242 g/mol. The lowest BCUT2D eigenvalue weighted by molar-refractivity contribution is 0.545. The third kappa shape index (κ3) is 2.47. The Labute approximate surface area is 109 Å². The summed E-state index contributed by atoms with van der Waals surface area (Å²) >= 11 is 0. The number of nitrogens with zero attached hydrogens (tertiary/aromatic N) is 3. The first-order chi connectivity index (χ1) is 9.33. The van der Waals surface area contributed by atoms with Crippen molar-refractivity contribution in [1.29, 1.82) is 0 Å². The van der Waals surface area contributed by atoms with Gasteiger partial charge in [-0.3, -0.25) is 5.10 Å². The third-order valence-corrected chi connectivity index (χ3v) is 2.75. The predicted molar refractivity (Wildman–Crippen MR) is 70.4 cm³/mol. The average Bonchev–Trinajstić information content (AvgIpc) is 3.06. The van der Waals surface area contributed by atoms with Gasteiger partial charge < -0.3 is 9.73 Å². The van der Waals surface area contributed by atoms with Crippen LogP contribution in [0.2, 0.25) is 0 Å². The molecule has 0 aromatic carbocycles. The van der Waals surface area contributed by atoms with Crippen molar-refractivity contribution in [3.63, 3.8) is 0 Å². The summed E-state index contributed by atoms with van der Waals surface area (Å²) in [6.45, 7) is 2.54. The van der Waals surface area contributed by atoms with Crippen LogP contribution in [0.5, 0.6) is 0 Å². The molecular formula is C13H13N5O. The lowest BCUT2D eigenvalue weighted by Gasteiger charge is -2.04. The van der Waals surface area contributed by atoms with E-state index >= 15 is 0 Å². The largest absolute Gasteiger partial charge is 0.460 e. The molecule has 0 atom stereocenters. The van der Waals surface area contributed by atoms with E-state index in [-0.39, 0.29) is 0 Å². The first-order valence-corrected chi connectivity index (χ1v) is 5.91. The number of rotatable bonds is 4. The van der Waals surface area contributed by atoms with E-state index in [4.69, 9.17) is 4.42 Å². The van der Waals surface area contributed by atoms with Gasteiger partial charge >= 0.3 is 0 Å². The number of aromatic nitrogens is 4. The summed E-state index contributed by atoms with van der Waals surface area (Å²) in [4.78, 5) is 7.91. The minimum atomic E-state index is 0.624. The molecule has 96 valence electrons. The van der Waals surface area contributed by atoms with Crippen LogP contribution in [0.25, 0.3) is 11.5 Å². The van der Waals surface area contributed by atoms with Crippen molar-refractivity contribution in [1.82, 2.24) is 20.2 Å². The molecule has 3 rings (SSSR count). The van der Waals surface area contributed by atoms with Crippen LogP contribution in [0.1, 0.15) is 11.3 Å². The highest BCUT2D eigenvalue weighted by atomic mass is 16.3. The van der Waals surface area contributed by atoms with Gasteiger partial charge in [-0.25, -0.2) is 9.97 Å². The van der Waals surface area contributed by atoms with Gasteiger partial charge in [0.15, 0.2) is 5.76 Å². The highest BCUT2D eigenvalue weighted by Gasteiger charge is 2.10. The molecule has 0 unspecified atom stereocenters. The smallest absolute Gasteiger partial charge is 0.152 e. The second-order valence-electron chi connectivity index (χ2n) is 4.16. The van der Waals surface area contributed by atoms with Crippen molar-refractivity contribution in [2.45, 2.75) is 13.5 Å². The Balaban J connectivity index is 1.77. The molecule has 0 fully saturated rings. The number of aryl methyl sites for hydroxylation is 1. The molecule has 6 heteroatoms.